The largest absolute Gasteiger partial charge is 0.416 e. The Morgan fingerprint density at radius 3 is 2.61 bits per heavy atom. The first-order valence-electron chi connectivity index (χ1n) is 9.66. The second-order valence-corrected chi connectivity index (χ2v) is 7.26. The minimum absolute atomic E-state index is 0.0725. The van der Waals surface area contributed by atoms with Crippen molar-refractivity contribution >= 4 is 16.7 Å². The van der Waals surface area contributed by atoms with Gasteiger partial charge in [0, 0.05) is 0 Å². The number of fused-ring (bicyclic) bond motifs is 1. The van der Waals surface area contributed by atoms with Crippen molar-refractivity contribution in [2.24, 2.45) is 0 Å². The predicted octanol–water partition coefficient (Wildman–Crippen LogP) is 4.99. The highest BCUT2D eigenvalue weighted by molar-refractivity contribution is 5.93. The van der Waals surface area contributed by atoms with Gasteiger partial charge in [-0.2, -0.15) is 13.2 Å². The summed E-state index contributed by atoms with van der Waals surface area (Å²) in [5, 5.41) is 12.8. The van der Waals surface area contributed by atoms with Gasteiger partial charge in [0.05, 0.1) is 24.3 Å². The van der Waals surface area contributed by atoms with E-state index in [0.717, 1.165) is 28.5 Å². The summed E-state index contributed by atoms with van der Waals surface area (Å²) in [7, 11) is 0. The van der Waals surface area contributed by atoms with Crippen molar-refractivity contribution in [2.45, 2.75) is 25.7 Å². The van der Waals surface area contributed by atoms with E-state index in [0.29, 0.717) is 5.56 Å². The van der Waals surface area contributed by atoms with Gasteiger partial charge in [0.25, 0.3) is 5.91 Å². The number of hydrogen-bond acceptors (Lipinski definition) is 3. The van der Waals surface area contributed by atoms with Crippen LogP contribution >= 0.6 is 0 Å². The zero-order valence-electron chi connectivity index (χ0n) is 16.6. The van der Waals surface area contributed by atoms with Gasteiger partial charge in [-0.05, 0) is 41.0 Å². The summed E-state index contributed by atoms with van der Waals surface area (Å²) in [5.41, 5.74) is 0.754. The zero-order chi connectivity index (χ0) is 22.0. The lowest BCUT2D eigenvalue weighted by molar-refractivity contribution is -0.137. The Balaban J connectivity index is 1.47. The van der Waals surface area contributed by atoms with Gasteiger partial charge in [0.1, 0.15) is 0 Å². The Bertz CT molecular complexity index is 1230. The van der Waals surface area contributed by atoms with E-state index in [2.05, 4.69) is 15.6 Å². The van der Waals surface area contributed by atoms with E-state index in [-0.39, 0.29) is 18.3 Å². The van der Waals surface area contributed by atoms with Crippen LogP contribution in [-0.4, -0.2) is 20.9 Å². The highest BCUT2D eigenvalue weighted by Gasteiger charge is 2.30. The summed E-state index contributed by atoms with van der Waals surface area (Å²) in [5.74, 6) is -0.407. The number of benzene rings is 3. The van der Waals surface area contributed by atoms with Crippen LogP contribution in [0, 0.1) is 0 Å². The summed E-state index contributed by atoms with van der Waals surface area (Å²) >= 11 is 0. The summed E-state index contributed by atoms with van der Waals surface area (Å²) < 4.78 is 40.0. The normalized spacial score (nSPS) is 12.6. The van der Waals surface area contributed by atoms with Gasteiger partial charge in [-0.25, -0.2) is 4.68 Å². The highest BCUT2D eigenvalue weighted by Crippen LogP contribution is 2.29. The molecular formula is C23H19F3N4O. The van der Waals surface area contributed by atoms with Crippen LogP contribution in [0.5, 0.6) is 0 Å². The molecule has 0 saturated heterocycles. The second-order valence-electron chi connectivity index (χ2n) is 7.26. The molecule has 4 aromatic rings. The van der Waals surface area contributed by atoms with Crippen molar-refractivity contribution < 1.29 is 18.0 Å². The topological polar surface area (TPSA) is 59.8 Å². The first-order chi connectivity index (χ1) is 14.8. The maximum Gasteiger partial charge on any atom is 0.416 e. The molecule has 0 spiro atoms. The molecule has 31 heavy (non-hydrogen) atoms. The molecule has 1 aromatic heterocycles. The third-order valence-corrected chi connectivity index (χ3v) is 5.01. The molecule has 0 aliphatic rings. The quantitative estimate of drug-likeness (QED) is 0.491. The maximum absolute atomic E-state index is 12.9. The fourth-order valence-electron chi connectivity index (χ4n) is 3.49. The summed E-state index contributed by atoms with van der Waals surface area (Å²) in [6.07, 6.45) is -2.99. The summed E-state index contributed by atoms with van der Waals surface area (Å²) in [4.78, 5) is 12.6. The molecule has 1 amide bonds. The van der Waals surface area contributed by atoms with Crippen molar-refractivity contribution in [3.63, 3.8) is 0 Å². The average Bonchev–Trinajstić information content (AvgIpc) is 3.21. The van der Waals surface area contributed by atoms with E-state index in [1.807, 2.05) is 49.4 Å². The minimum atomic E-state index is -4.42. The van der Waals surface area contributed by atoms with Gasteiger partial charge < -0.3 is 5.32 Å². The number of carbonyl (C=O) groups excluding carboxylic acids is 1. The molecule has 158 valence electrons. The third-order valence-electron chi connectivity index (χ3n) is 5.01. The SMILES string of the molecule is C[C@@H](NC(=O)c1cn(Cc2cccc(C(F)(F)F)c2)nn1)c1cccc2ccccc12. The van der Waals surface area contributed by atoms with E-state index >= 15 is 0 Å². The molecule has 3 aromatic carbocycles. The molecule has 0 bridgehead atoms. The molecule has 0 aliphatic carbocycles. The second kappa shape index (κ2) is 8.22. The molecule has 0 unspecified atom stereocenters. The first kappa shape index (κ1) is 20.6. The van der Waals surface area contributed by atoms with Crippen molar-refractivity contribution in [3.8, 4) is 0 Å². The third kappa shape index (κ3) is 4.58. The predicted molar refractivity (Wildman–Crippen MR) is 110 cm³/mol. The number of halogens is 3. The number of nitrogens with one attached hydrogen (secondary N) is 1. The van der Waals surface area contributed by atoms with Gasteiger partial charge in [-0.1, -0.05) is 59.8 Å². The Labute approximate surface area is 176 Å². The molecule has 0 saturated carbocycles. The monoisotopic (exact) mass is 424 g/mol. The van der Waals surface area contributed by atoms with E-state index in [9.17, 15) is 18.0 Å². The molecule has 0 fully saturated rings. The van der Waals surface area contributed by atoms with E-state index in [4.69, 9.17) is 0 Å². The van der Waals surface area contributed by atoms with Crippen LogP contribution in [0.1, 0.15) is 40.1 Å². The van der Waals surface area contributed by atoms with Crippen LogP contribution in [0.4, 0.5) is 13.2 Å². The first-order valence-corrected chi connectivity index (χ1v) is 9.66. The summed E-state index contributed by atoms with van der Waals surface area (Å²) in [6.45, 7) is 1.95. The van der Waals surface area contributed by atoms with Crippen LogP contribution in [-0.2, 0) is 12.7 Å². The van der Waals surface area contributed by atoms with E-state index in [1.165, 1.54) is 16.9 Å². The van der Waals surface area contributed by atoms with Gasteiger partial charge >= 0.3 is 6.18 Å². The van der Waals surface area contributed by atoms with Crippen molar-refractivity contribution in [2.75, 3.05) is 0 Å². The number of alkyl halides is 3. The van der Waals surface area contributed by atoms with Crippen molar-refractivity contribution in [3.05, 3.63) is 95.3 Å². The standard InChI is InChI=1S/C23H19F3N4O/c1-15(19-11-5-8-17-7-2-3-10-20(17)19)27-22(31)21-14-30(29-28-21)13-16-6-4-9-18(12-16)23(24,25)26/h2-12,14-15H,13H2,1H3,(H,27,31)/t15-/m1/s1. The molecule has 0 radical (unpaired) electrons. The molecule has 5 nitrogen and oxygen atoms in total. The Morgan fingerprint density at radius 2 is 1.81 bits per heavy atom. The lowest BCUT2D eigenvalue weighted by Gasteiger charge is -2.15. The number of carbonyl (C=O) groups is 1. The van der Waals surface area contributed by atoms with Crippen LogP contribution < -0.4 is 5.32 Å². The maximum atomic E-state index is 12.9. The number of rotatable bonds is 5. The lowest BCUT2D eigenvalue weighted by atomic mass is 9.99. The van der Waals surface area contributed by atoms with Crippen LogP contribution in [0.3, 0.4) is 0 Å². The molecule has 4 rings (SSSR count). The Morgan fingerprint density at radius 1 is 1.06 bits per heavy atom. The molecule has 1 N–H and O–H groups in total. The van der Waals surface area contributed by atoms with Gasteiger partial charge in [0.15, 0.2) is 5.69 Å². The molecular weight excluding hydrogens is 405 g/mol. The number of amides is 1. The molecule has 1 atom stereocenters. The fraction of sp³-hybridized carbons (Fsp3) is 0.174. The van der Waals surface area contributed by atoms with E-state index < -0.39 is 17.6 Å². The minimum Gasteiger partial charge on any atom is -0.344 e. The molecule has 8 heteroatoms. The van der Waals surface area contributed by atoms with E-state index in [1.54, 1.807) is 6.07 Å². The highest BCUT2D eigenvalue weighted by atomic mass is 19.4. The number of nitrogens with zero attached hydrogens (tertiary/aromatic N) is 3. The van der Waals surface area contributed by atoms with Gasteiger partial charge in [-0.3, -0.25) is 4.79 Å². The molecule has 0 aliphatic heterocycles. The van der Waals surface area contributed by atoms with Crippen LogP contribution in [0.2, 0.25) is 0 Å². The Kier molecular flexibility index (Phi) is 5.46. The fourth-order valence-corrected chi connectivity index (χ4v) is 3.49. The summed E-state index contributed by atoms with van der Waals surface area (Å²) in [6, 6.07) is 18.5. The number of aromatic nitrogens is 3. The molecule has 1 heterocycles. The zero-order valence-corrected chi connectivity index (χ0v) is 16.6. The van der Waals surface area contributed by atoms with Crippen LogP contribution in [0.25, 0.3) is 10.8 Å². The smallest absolute Gasteiger partial charge is 0.344 e. The van der Waals surface area contributed by atoms with Gasteiger partial charge in [-0.15, -0.1) is 5.10 Å². The van der Waals surface area contributed by atoms with Gasteiger partial charge in [0.2, 0.25) is 0 Å². The van der Waals surface area contributed by atoms with Crippen molar-refractivity contribution in [1.29, 1.82) is 0 Å². The van der Waals surface area contributed by atoms with Crippen molar-refractivity contribution in [1.82, 2.24) is 20.3 Å². The lowest BCUT2D eigenvalue weighted by Crippen LogP contribution is -2.27. The Hall–Kier alpha value is -3.68. The number of hydrogen-bond donors (Lipinski definition) is 1. The average molecular weight is 424 g/mol. The van der Waals surface area contributed by atoms with Crippen LogP contribution in [0.15, 0.2) is 72.9 Å².